The maximum atomic E-state index is 10.3. The summed E-state index contributed by atoms with van der Waals surface area (Å²) in [6, 6.07) is -0.914. The Labute approximate surface area is 64.1 Å². The molecule has 0 rings (SSSR count). The topological polar surface area (TPSA) is 89.3 Å². The summed E-state index contributed by atoms with van der Waals surface area (Å²) < 4.78 is -0.605. The van der Waals surface area contributed by atoms with E-state index >= 15 is 0 Å². The van der Waals surface area contributed by atoms with Gasteiger partial charge in [-0.1, -0.05) is 11.9 Å². The van der Waals surface area contributed by atoms with Crippen LogP contribution in [0.3, 0.4) is 0 Å². The largest absolute Gasteiger partial charge is 0.480 e. The van der Waals surface area contributed by atoms with Crippen molar-refractivity contribution in [1.29, 1.82) is 0 Å². The summed E-state index contributed by atoms with van der Waals surface area (Å²) in [5.74, 6) is -1.03. The van der Waals surface area contributed by atoms with Crippen LogP contribution >= 0.6 is 11.9 Å². The molecule has 5 N–H and O–H groups in total. The molecule has 0 saturated heterocycles. The summed E-state index contributed by atoms with van der Waals surface area (Å²) in [5.41, 5.74) is 5.30. The average molecular weight is 164 g/mol. The number of carbonyl (C=O) groups is 1. The minimum Gasteiger partial charge on any atom is -0.480 e. The Morgan fingerprint density at radius 1 is 1.70 bits per heavy atom. The quantitative estimate of drug-likeness (QED) is 0.502. The molecule has 0 aromatic carbocycles. The van der Waals surface area contributed by atoms with Crippen molar-refractivity contribution in [2.24, 2.45) is 10.9 Å². The molecule has 60 valence electrons. The van der Waals surface area contributed by atoms with Gasteiger partial charge in [-0.15, -0.1) is 0 Å². The van der Waals surface area contributed by atoms with Gasteiger partial charge in [0.25, 0.3) is 0 Å². The van der Waals surface area contributed by atoms with Gasteiger partial charge in [0.05, 0.1) is 4.75 Å². The van der Waals surface area contributed by atoms with E-state index in [2.05, 4.69) is 0 Å². The normalized spacial score (nSPS) is 14.8. The highest BCUT2D eigenvalue weighted by Crippen LogP contribution is 2.21. The maximum Gasteiger partial charge on any atom is 0.321 e. The fourth-order valence-electron chi connectivity index (χ4n) is 0.371. The zero-order valence-corrected chi connectivity index (χ0v) is 6.81. The van der Waals surface area contributed by atoms with Crippen molar-refractivity contribution in [1.82, 2.24) is 0 Å². The molecule has 0 saturated carbocycles. The molecule has 0 unspecified atom stereocenters. The first-order valence-corrected chi connectivity index (χ1v) is 3.66. The van der Waals surface area contributed by atoms with Crippen LogP contribution in [0.4, 0.5) is 0 Å². The van der Waals surface area contributed by atoms with E-state index in [-0.39, 0.29) is 0 Å². The van der Waals surface area contributed by atoms with Gasteiger partial charge in [0.2, 0.25) is 0 Å². The molecular weight excluding hydrogens is 152 g/mol. The third-order valence-electron chi connectivity index (χ3n) is 1.32. The van der Waals surface area contributed by atoms with Crippen LogP contribution in [0.2, 0.25) is 0 Å². The highest BCUT2D eigenvalue weighted by molar-refractivity contribution is 7.98. The molecule has 10 heavy (non-hydrogen) atoms. The van der Waals surface area contributed by atoms with Crippen molar-refractivity contribution in [2.75, 3.05) is 0 Å². The lowest BCUT2D eigenvalue weighted by atomic mass is 10.1. The first kappa shape index (κ1) is 9.74. The van der Waals surface area contributed by atoms with Crippen LogP contribution in [-0.4, -0.2) is 21.9 Å². The van der Waals surface area contributed by atoms with Crippen molar-refractivity contribution in [3.05, 3.63) is 0 Å². The standard InChI is InChI=1S/C5H12N2O2S/c1-5(2,10-7)3(6)4(8)9/h3H,6-7H2,1-2H3,(H,8,9)/t3-/m0/s1. The van der Waals surface area contributed by atoms with Crippen molar-refractivity contribution >= 4 is 17.9 Å². The predicted molar refractivity (Wildman–Crippen MR) is 41.5 cm³/mol. The molecule has 5 heteroatoms. The van der Waals surface area contributed by atoms with Gasteiger partial charge in [-0.25, -0.2) is 0 Å². The number of rotatable bonds is 3. The Bertz CT molecular complexity index is 138. The Hall–Kier alpha value is -0.260. The zero-order chi connectivity index (χ0) is 8.36. The summed E-state index contributed by atoms with van der Waals surface area (Å²) >= 11 is 0.958. The van der Waals surface area contributed by atoms with Gasteiger partial charge >= 0.3 is 5.97 Å². The molecule has 0 bridgehead atoms. The number of carboxylic acids is 1. The van der Waals surface area contributed by atoms with Crippen molar-refractivity contribution in [2.45, 2.75) is 24.6 Å². The van der Waals surface area contributed by atoms with Crippen LogP contribution < -0.4 is 10.9 Å². The van der Waals surface area contributed by atoms with Crippen molar-refractivity contribution in [3.8, 4) is 0 Å². The Morgan fingerprint density at radius 2 is 2.10 bits per heavy atom. The van der Waals surface area contributed by atoms with E-state index in [1.54, 1.807) is 13.8 Å². The Morgan fingerprint density at radius 3 is 2.20 bits per heavy atom. The van der Waals surface area contributed by atoms with Crippen LogP contribution in [0.15, 0.2) is 0 Å². The highest BCUT2D eigenvalue weighted by atomic mass is 32.2. The van der Waals surface area contributed by atoms with Gasteiger partial charge in [0.15, 0.2) is 0 Å². The smallest absolute Gasteiger partial charge is 0.321 e. The molecule has 0 amide bonds. The van der Waals surface area contributed by atoms with E-state index in [4.69, 9.17) is 16.0 Å². The first-order valence-electron chi connectivity index (χ1n) is 2.78. The third kappa shape index (κ3) is 2.17. The minimum atomic E-state index is -1.03. The van der Waals surface area contributed by atoms with E-state index in [1.165, 1.54) is 0 Å². The van der Waals surface area contributed by atoms with E-state index < -0.39 is 16.8 Å². The molecule has 0 fully saturated rings. The van der Waals surface area contributed by atoms with E-state index in [0.29, 0.717) is 0 Å². The lowest BCUT2D eigenvalue weighted by Crippen LogP contribution is -2.47. The fourth-order valence-corrected chi connectivity index (χ4v) is 0.618. The van der Waals surface area contributed by atoms with E-state index in [1.807, 2.05) is 0 Å². The van der Waals surface area contributed by atoms with Gasteiger partial charge in [0, 0.05) is 0 Å². The SMILES string of the molecule is CC(C)(SN)[C@@H](N)C(=O)O. The van der Waals surface area contributed by atoms with Gasteiger partial charge in [-0.05, 0) is 13.8 Å². The molecule has 0 aromatic heterocycles. The predicted octanol–water partition coefficient (Wildman–Crippen LogP) is -0.216. The molecule has 0 aliphatic carbocycles. The highest BCUT2D eigenvalue weighted by Gasteiger charge is 2.31. The lowest BCUT2D eigenvalue weighted by molar-refractivity contribution is -0.139. The first-order chi connectivity index (χ1) is 4.41. The number of carboxylic acid groups (broad SMARTS) is 1. The van der Waals surface area contributed by atoms with Crippen molar-refractivity contribution in [3.63, 3.8) is 0 Å². The molecule has 0 aromatic rings. The number of aliphatic carboxylic acids is 1. The van der Waals surface area contributed by atoms with Gasteiger partial charge in [-0.2, -0.15) is 0 Å². The van der Waals surface area contributed by atoms with Crippen LogP contribution in [0.5, 0.6) is 0 Å². The molecule has 0 heterocycles. The number of hydrogen-bond donors (Lipinski definition) is 3. The number of nitrogens with two attached hydrogens (primary N) is 2. The van der Waals surface area contributed by atoms with Crippen LogP contribution in [0, 0.1) is 0 Å². The molecule has 0 aliphatic heterocycles. The van der Waals surface area contributed by atoms with E-state index in [0.717, 1.165) is 11.9 Å². The molecule has 0 aliphatic rings. The monoisotopic (exact) mass is 164 g/mol. The molecular formula is C5H12N2O2S. The van der Waals surface area contributed by atoms with Gasteiger partial charge < -0.3 is 10.8 Å². The second-order valence-electron chi connectivity index (χ2n) is 2.54. The summed E-state index contributed by atoms with van der Waals surface area (Å²) in [6.45, 7) is 3.38. The minimum absolute atomic E-state index is 0.605. The second kappa shape index (κ2) is 3.23. The Kier molecular flexibility index (Phi) is 3.14. The maximum absolute atomic E-state index is 10.3. The molecule has 0 spiro atoms. The summed E-state index contributed by atoms with van der Waals surface area (Å²) in [4.78, 5) is 10.3. The number of hydrogen-bond acceptors (Lipinski definition) is 4. The van der Waals surface area contributed by atoms with Gasteiger partial charge in [-0.3, -0.25) is 9.93 Å². The average Bonchev–Trinajstić information content (AvgIpc) is 1.86. The fraction of sp³-hybridized carbons (Fsp3) is 0.800. The molecule has 0 radical (unpaired) electrons. The lowest BCUT2D eigenvalue weighted by Gasteiger charge is -2.24. The summed E-state index contributed by atoms with van der Waals surface area (Å²) in [6.07, 6.45) is 0. The van der Waals surface area contributed by atoms with Gasteiger partial charge in [0.1, 0.15) is 6.04 Å². The van der Waals surface area contributed by atoms with Crippen LogP contribution in [0.25, 0.3) is 0 Å². The summed E-state index contributed by atoms with van der Waals surface area (Å²) in [5, 5.41) is 13.7. The summed E-state index contributed by atoms with van der Waals surface area (Å²) in [7, 11) is 0. The van der Waals surface area contributed by atoms with Crippen LogP contribution in [-0.2, 0) is 4.79 Å². The molecule has 1 atom stereocenters. The van der Waals surface area contributed by atoms with E-state index in [9.17, 15) is 4.79 Å². The zero-order valence-electron chi connectivity index (χ0n) is 6.00. The second-order valence-corrected chi connectivity index (χ2v) is 3.83. The molecule has 4 nitrogen and oxygen atoms in total. The Balaban J connectivity index is 4.17. The van der Waals surface area contributed by atoms with Crippen molar-refractivity contribution < 1.29 is 9.90 Å². The van der Waals surface area contributed by atoms with Crippen LogP contribution in [0.1, 0.15) is 13.8 Å². The third-order valence-corrected chi connectivity index (χ3v) is 2.18.